The maximum atomic E-state index is 3.25. The van der Waals surface area contributed by atoms with Gasteiger partial charge in [-0.2, -0.15) is 6.92 Å². The zero-order valence-corrected chi connectivity index (χ0v) is 36.4. The van der Waals surface area contributed by atoms with Crippen LogP contribution in [0.4, 0.5) is 0 Å². The van der Waals surface area contributed by atoms with Crippen molar-refractivity contribution in [2.24, 2.45) is 0 Å². The van der Waals surface area contributed by atoms with Crippen LogP contribution in [0, 0.1) is 21.8 Å². The van der Waals surface area contributed by atoms with Gasteiger partial charge in [-0.05, 0) is 0 Å². The van der Waals surface area contributed by atoms with Gasteiger partial charge in [0.25, 0.3) is 0 Å². The van der Waals surface area contributed by atoms with Gasteiger partial charge < -0.3 is 21.8 Å². The minimum Gasteiger partial charge on any atom is -0.358 e. The molecule has 0 rings (SSSR count). The van der Waals surface area contributed by atoms with Gasteiger partial charge in [0.15, 0.2) is 0 Å². The Morgan fingerprint density at radius 1 is 0.400 bits per heavy atom. The Morgan fingerprint density at radius 2 is 0.400 bits per heavy atom. The molecule has 0 unspecified atom stereocenters. The predicted molar refractivity (Wildman–Crippen MR) is 35.2 cm³/mol. The molecule has 15 heavy (non-hydrogen) atoms. The molecule has 0 spiro atoms. The van der Waals surface area contributed by atoms with E-state index in [9.17, 15) is 0 Å². The van der Waals surface area contributed by atoms with Crippen molar-refractivity contribution in [2.45, 2.75) is 20.8 Å². The molecule has 71 valence electrons. The second-order valence-corrected chi connectivity index (χ2v) is 0. The van der Waals surface area contributed by atoms with Gasteiger partial charge in [0.05, 0.1) is 0 Å². The molecule has 0 aliphatic rings. The molecule has 0 aromatic carbocycles. The molecule has 0 atom stereocenters. The molecule has 9 radical (unpaired) electrons. The van der Waals surface area contributed by atoms with Gasteiger partial charge >= 0.3 is 0 Å². The SMILES string of the molecule is CC.[CH2-]C.[CH3-].[CH3-].[Y].[Y].[Y].[Y].[Y].[Y].[Y].[Y].[Y]. The van der Waals surface area contributed by atoms with E-state index in [2.05, 4.69) is 6.92 Å². The molecular weight excluding hydrogens is 872 g/mol. The summed E-state index contributed by atoms with van der Waals surface area (Å²) in [6.07, 6.45) is 0. The number of hydrogen-bond donors (Lipinski definition) is 0. The van der Waals surface area contributed by atoms with E-state index in [-0.39, 0.29) is 309 Å². The van der Waals surface area contributed by atoms with E-state index in [4.69, 9.17) is 0 Å². The van der Waals surface area contributed by atoms with Crippen LogP contribution in [0.2, 0.25) is 0 Å². The van der Waals surface area contributed by atoms with Crippen LogP contribution in [-0.4, -0.2) is 0 Å². The van der Waals surface area contributed by atoms with E-state index >= 15 is 0 Å². The summed E-state index contributed by atoms with van der Waals surface area (Å²) >= 11 is 0. The summed E-state index contributed by atoms with van der Waals surface area (Å²) in [6, 6.07) is 0. The van der Waals surface area contributed by atoms with Crippen molar-refractivity contribution in [1.82, 2.24) is 0 Å². The molecule has 0 N–H and O–H groups in total. The predicted octanol–water partition coefficient (Wildman–Crippen LogP) is 2.74. The van der Waals surface area contributed by atoms with Crippen molar-refractivity contribution in [3.8, 4) is 0 Å². The normalized spacial score (nSPS) is 0.800. The van der Waals surface area contributed by atoms with Gasteiger partial charge in [-0.1, -0.05) is 13.8 Å². The summed E-state index contributed by atoms with van der Waals surface area (Å²) < 4.78 is 0. The zero-order valence-electron chi connectivity index (χ0n) is 10.9. The molecule has 0 aliphatic heterocycles. The number of hydrogen-bond acceptors (Lipinski definition) is 0. The molecule has 0 amide bonds. The maximum Gasteiger partial charge on any atom is 0 e. The van der Waals surface area contributed by atoms with Crippen LogP contribution in [-0.2, 0) is 294 Å². The minimum atomic E-state index is 0. The average Bonchev–Trinajstić information content (AvgIpc) is 1.50. The standard InChI is InChI=1S/C2H6.C2H5.2CH3.9Y/c2*1-2;;;;;;;;;;;/h1-2H3;1H2,2H3;2*1H3;;;;;;;;;/q;3*-1;;;;;;;;;. The van der Waals surface area contributed by atoms with Crippen LogP contribution in [0.25, 0.3) is 0 Å². The smallest absolute Gasteiger partial charge is 0 e. The van der Waals surface area contributed by atoms with Crippen LogP contribution >= 0.6 is 0 Å². The van der Waals surface area contributed by atoms with Gasteiger partial charge in [0.2, 0.25) is 0 Å². The summed E-state index contributed by atoms with van der Waals surface area (Å²) in [5, 5.41) is 0. The Hall–Kier alpha value is 9.94. The van der Waals surface area contributed by atoms with E-state index in [1.807, 2.05) is 13.8 Å². The van der Waals surface area contributed by atoms with Crippen molar-refractivity contribution >= 4 is 0 Å². The molecule has 0 bridgehead atoms. The first-order chi connectivity index (χ1) is 2.00. The molecular formula is C6H17Y9-3. The van der Waals surface area contributed by atoms with Gasteiger partial charge in [-0.15, -0.1) is 0 Å². The second-order valence-electron chi connectivity index (χ2n) is 0. The van der Waals surface area contributed by atoms with E-state index in [1.165, 1.54) is 0 Å². The van der Waals surface area contributed by atoms with Crippen molar-refractivity contribution in [1.29, 1.82) is 0 Å². The molecule has 9 heteroatoms. The van der Waals surface area contributed by atoms with Crippen molar-refractivity contribution in [3.63, 3.8) is 0 Å². The molecule has 0 aliphatic carbocycles. The number of rotatable bonds is 0. The first kappa shape index (κ1) is 100. The van der Waals surface area contributed by atoms with Crippen LogP contribution in [0.15, 0.2) is 0 Å². The van der Waals surface area contributed by atoms with Crippen LogP contribution in [0.5, 0.6) is 0 Å². The van der Waals surface area contributed by atoms with E-state index < -0.39 is 0 Å². The minimum absolute atomic E-state index is 0. The molecule has 0 nitrogen and oxygen atoms in total. The van der Waals surface area contributed by atoms with Gasteiger partial charge in [0, 0.05) is 294 Å². The maximum absolute atomic E-state index is 3.25. The van der Waals surface area contributed by atoms with Crippen LogP contribution in [0.1, 0.15) is 20.8 Å². The fraction of sp³-hybridized carbons (Fsp3) is 0.500. The van der Waals surface area contributed by atoms with E-state index in [0.717, 1.165) is 0 Å². The molecule has 0 saturated carbocycles. The van der Waals surface area contributed by atoms with Crippen LogP contribution < -0.4 is 0 Å². The first-order valence-corrected chi connectivity index (χ1v) is 1.71. The largest absolute Gasteiger partial charge is 0.358 e. The Bertz CT molecular complexity index is 14.6. The second kappa shape index (κ2) is 128. The third kappa shape index (κ3) is 117. The molecule has 0 aromatic rings. The fourth-order valence-corrected chi connectivity index (χ4v) is 0. The molecule has 0 aromatic heterocycles. The Morgan fingerprint density at radius 3 is 0.400 bits per heavy atom. The van der Waals surface area contributed by atoms with Gasteiger partial charge in [-0.25, -0.2) is 0 Å². The molecule has 0 saturated heterocycles. The Kier molecular flexibility index (Phi) is 853. The third-order valence-electron chi connectivity index (χ3n) is 0. The topological polar surface area (TPSA) is 0 Å². The van der Waals surface area contributed by atoms with Crippen molar-refractivity contribution in [2.75, 3.05) is 0 Å². The Labute approximate surface area is 326 Å². The van der Waals surface area contributed by atoms with Crippen LogP contribution in [0.3, 0.4) is 0 Å². The third-order valence-corrected chi connectivity index (χ3v) is 0. The quantitative estimate of drug-likeness (QED) is 0.329. The van der Waals surface area contributed by atoms with E-state index in [0.29, 0.717) is 0 Å². The first-order valence-electron chi connectivity index (χ1n) is 1.71. The van der Waals surface area contributed by atoms with Crippen molar-refractivity contribution < 1.29 is 294 Å². The molecule has 0 heterocycles. The van der Waals surface area contributed by atoms with Crippen molar-refractivity contribution in [3.05, 3.63) is 21.8 Å². The molecule has 0 fully saturated rings. The van der Waals surface area contributed by atoms with E-state index in [1.54, 1.807) is 6.92 Å². The monoisotopic (exact) mass is 889 g/mol. The zero-order chi connectivity index (χ0) is 4.00. The Balaban J connectivity index is -0.000000000280. The summed E-state index contributed by atoms with van der Waals surface area (Å²) in [6.45, 7) is 9.00. The fourth-order valence-electron chi connectivity index (χ4n) is 0. The summed E-state index contributed by atoms with van der Waals surface area (Å²) in [5.74, 6) is 0. The summed E-state index contributed by atoms with van der Waals surface area (Å²) in [5.41, 5.74) is 0. The average molecular weight is 889 g/mol. The van der Waals surface area contributed by atoms with Gasteiger partial charge in [0.1, 0.15) is 0 Å². The van der Waals surface area contributed by atoms with Gasteiger partial charge in [-0.3, -0.25) is 0 Å². The summed E-state index contributed by atoms with van der Waals surface area (Å²) in [7, 11) is 0. The summed E-state index contributed by atoms with van der Waals surface area (Å²) in [4.78, 5) is 0.